The summed E-state index contributed by atoms with van der Waals surface area (Å²) in [6.07, 6.45) is 2.78. The molecule has 0 radical (unpaired) electrons. The van der Waals surface area contributed by atoms with Gasteiger partial charge in [-0.3, -0.25) is 9.78 Å². The summed E-state index contributed by atoms with van der Waals surface area (Å²) in [7, 11) is 0. The maximum atomic E-state index is 12.1. The maximum Gasteiger partial charge on any atom is 0.338 e. The van der Waals surface area contributed by atoms with Crippen LogP contribution in [-0.2, 0) is 0 Å². The lowest BCUT2D eigenvalue weighted by Crippen LogP contribution is -2.18. The number of aromatic carboxylic acids is 1. The number of nitrogens with one attached hydrogen (secondary N) is 1. The molecule has 0 saturated heterocycles. The SMILES string of the molecule is CCOc1ccc(NC(=O)c2ncccc2C(=O)O)cn1. The summed E-state index contributed by atoms with van der Waals surface area (Å²) in [4.78, 5) is 30.9. The van der Waals surface area contributed by atoms with E-state index >= 15 is 0 Å². The Morgan fingerprint density at radius 3 is 2.71 bits per heavy atom. The van der Waals surface area contributed by atoms with Crippen molar-refractivity contribution < 1.29 is 19.4 Å². The lowest BCUT2D eigenvalue weighted by Gasteiger charge is -2.07. The molecule has 21 heavy (non-hydrogen) atoms. The van der Waals surface area contributed by atoms with E-state index in [1.54, 1.807) is 12.1 Å². The van der Waals surface area contributed by atoms with Gasteiger partial charge in [0.2, 0.25) is 5.88 Å². The zero-order valence-electron chi connectivity index (χ0n) is 11.2. The predicted molar refractivity (Wildman–Crippen MR) is 74.6 cm³/mol. The number of hydrogen-bond acceptors (Lipinski definition) is 5. The number of anilines is 1. The van der Waals surface area contributed by atoms with Gasteiger partial charge in [-0.2, -0.15) is 0 Å². The minimum absolute atomic E-state index is 0.154. The van der Waals surface area contributed by atoms with Crippen molar-refractivity contribution in [3.05, 3.63) is 47.9 Å². The van der Waals surface area contributed by atoms with E-state index in [-0.39, 0.29) is 11.3 Å². The number of ether oxygens (including phenoxy) is 1. The van der Waals surface area contributed by atoms with E-state index in [2.05, 4.69) is 15.3 Å². The summed E-state index contributed by atoms with van der Waals surface area (Å²) in [6, 6.07) is 5.99. The van der Waals surface area contributed by atoms with Crippen molar-refractivity contribution in [3.8, 4) is 5.88 Å². The Balaban J connectivity index is 2.16. The van der Waals surface area contributed by atoms with E-state index < -0.39 is 11.9 Å². The number of nitrogens with zero attached hydrogens (tertiary/aromatic N) is 2. The van der Waals surface area contributed by atoms with E-state index in [1.165, 1.54) is 24.5 Å². The van der Waals surface area contributed by atoms with Gasteiger partial charge in [-0.15, -0.1) is 0 Å². The quantitative estimate of drug-likeness (QED) is 0.869. The highest BCUT2D eigenvalue weighted by Gasteiger charge is 2.17. The van der Waals surface area contributed by atoms with Crippen LogP contribution in [0.5, 0.6) is 5.88 Å². The van der Waals surface area contributed by atoms with Gasteiger partial charge in [-0.1, -0.05) is 0 Å². The molecule has 0 fully saturated rings. The van der Waals surface area contributed by atoms with Gasteiger partial charge < -0.3 is 15.2 Å². The number of pyridine rings is 2. The number of aromatic nitrogens is 2. The molecule has 2 heterocycles. The van der Waals surface area contributed by atoms with Crippen molar-refractivity contribution in [1.29, 1.82) is 0 Å². The molecule has 7 heteroatoms. The molecule has 2 N–H and O–H groups in total. The van der Waals surface area contributed by atoms with E-state index in [4.69, 9.17) is 9.84 Å². The van der Waals surface area contributed by atoms with E-state index in [1.807, 2.05) is 6.92 Å². The van der Waals surface area contributed by atoms with E-state index in [0.29, 0.717) is 18.2 Å². The monoisotopic (exact) mass is 287 g/mol. The third kappa shape index (κ3) is 3.53. The van der Waals surface area contributed by atoms with Crippen LogP contribution in [-0.4, -0.2) is 33.6 Å². The highest BCUT2D eigenvalue weighted by molar-refractivity contribution is 6.09. The van der Waals surface area contributed by atoms with Gasteiger partial charge in [0.1, 0.15) is 5.69 Å². The molecular weight excluding hydrogens is 274 g/mol. The van der Waals surface area contributed by atoms with Crippen LogP contribution in [0.25, 0.3) is 0 Å². The molecule has 0 unspecified atom stereocenters. The highest BCUT2D eigenvalue weighted by Crippen LogP contribution is 2.13. The van der Waals surface area contributed by atoms with Crippen molar-refractivity contribution in [1.82, 2.24) is 9.97 Å². The van der Waals surface area contributed by atoms with Crippen LogP contribution >= 0.6 is 0 Å². The second-order valence-electron chi connectivity index (χ2n) is 3.98. The van der Waals surface area contributed by atoms with Crippen molar-refractivity contribution in [2.24, 2.45) is 0 Å². The summed E-state index contributed by atoms with van der Waals surface area (Å²) in [6.45, 7) is 2.33. The first kappa shape index (κ1) is 14.4. The molecule has 0 aliphatic heterocycles. The molecule has 0 aliphatic carbocycles. The average molecular weight is 287 g/mol. The topological polar surface area (TPSA) is 101 Å². The van der Waals surface area contributed by atoms with Gasteiger partial charge in [-0.25, -0.2) is 9.78 Å². The molecule has 0 spiro atoms. The normalized spacial score (nSPS) is 9.95. The molecule has 0 bridgehead atoms. The predicted octanol–water partition coefficient (Wildman–Crippen LogP) is 1.83. The van der Waals surface area contributed by atoms with Crippen LogP contribution in [0.2, 0.25) is 0 Å². The zero-order chi connectivity index (χ0) is 15.2. The van der Waals surface area contributed by atoms with Crippen LogP contribution in [0.4, 0.5) is 5.69 Å². The number of hydrogen-bond donors (Lipinski definition) is 2. The van der Waals surface area contributed by atoms with Crippen molar-refractivity contribution in [2.45, 2.75) is 6.92 Å². The molecule has 0 aromatic carbocycles. The fourth-order valence-electron chi connectivity index (χ4n) is 1.64. The number of carboxylic acids is 1. The van der Waals surface area contributed by atoms with Crippen LogP contribution in [0, 0.1) is 0 Å². The molecule has 7 nitrogen and oxygen atoms in total. The molecule has 2 aromatic heterocycles. The Kier molecular flexibility index (Phi) is 4.45. The van der Waals surface area contributed by atoms with Crippen LogP contribution < -0.4 is 10.1 Å². The van der Waals surface area contributed by atoms with Gasteiger partial charge in [0.25, 0.3) is 5.91 Å². The minimum Gasteiger partial charge on any atom is -0.478 e. The molecule has 0 aliphatic rings. The number of carbonyl (C=O) groups excluding carboxylic acids is 1. The summed E-state index contributed by atoms with van der Waals surface area (Å²) in [5, 5.41) is 11.6. The standard InChI is InChI=1S/C14H13N3O4/c1-2-21-11-6-5-9(8-16-11)17-13(18)12-10(14(19)20)4-3-7-15-12/h3-8H,2H2,1H3,(H,17,18)(H,19,20). The van der Waals surface area contributed by atoms with Crippen molar-refractivity contribution in [3.63, 3.8) is 0 Å². The zero-order valence-corrected chi connectivity index (χ0v) is 11.2. The van der Waals surface area contributed by atoms with Crippen LogP contribution in [0.15, 0.2) is 36.7 Å². The third-order valence-corrected chi connectivity index (χ3v) is 2.54. The van der Waals surface area contributed by atoms with Gasteiger partial charge >= 0.3 is 5.97 Å². The van der Waals surface area contributed by atoms with Gasteiger partial charge in [0, 0.05) is 12.3 Å². The molecule has 108 valence electrons. The number of carboxylic acid groups (broad SMARTS) is 1. The summed E-state index contributed by atoms with van der Waals surface area (Å²) in [5.74, 6) is -1.38. The first-order valence-corrected chi connectivity index (χ1v) is 6.20. The van der Waals surface area contributed by atoms with E-state index in [9.17, 15) is 9.59 Å². The largest absolute Gasteiger partial charge is 0.478 e. The first-order valence-electron chi connectivity index (χ1n) is 6.20. The lowest BCUT2D eigenvalue weighted by atomic mass is 10.2. The molecule has 0 atom stereocenters. The number of rotatable bonds is 5. The Morgan fingerprint density at radius 2 is 2.10 bits per heavy atom. The summed E-state index contributed by atoms with van der Waals surface area (Å²) >= 11 is 0. The van der Waals surface area contributed by atoms with Crippen molar-refractivity contribution in [2.75, 3.05) is 11.9 Å². The van der Waals surface area contributed by atoms with Crippen molar-refractivity contribution >= 4 is 17.6 Å². The minimum atomic E-state index is -1.21. The first-order chi connectivity index (χ1) is 10.1. The molecule has 1 amide bonds. The van der Waals surface area contributed by atoms with Crippen LogP contribution in [0.1, 0.15) is 27.8 Å². The second kappa shape index (κ2) is 6.47. The van der Waals surface area contributed by atoms with Gasteiger partial charge in [0.05, 0.1) is 24.1 Å². The lowest BCUT2D eigenvalue weighted by molar-refractivity contribution is 0.0691. The molecule has 2 aromatic rings. The van der Waals surface area contributed by atoms with Gasteiger partial charge in [-0.05, 0) is 25.1 Å². The smallest absolute Gasteiger partial charge is 0.338 e. The average Bonchev–Trinajstić information content (AvgIpc) is 2.49. The van der Waals surface area contributed by atoms with Crippen LogP contribution in [0.3, 0.4) is 0 Å². The molecular formula is C14H13N3O4. The van der Waals surface area contributed by atoms with Gasteiger partial charge in [0.15, 0.2) is 0 Å². The number of carbonyl (C=O) groups is 2. The molecule has 0 saturated carbocycles. The fraction of sp³-hybridized carbons (Fsp3) is 0.143. The Hall–Kier alpha value is -2.96. The fourth-order valence-corrected chi connectivity index (χ4v) is 1.64. The Morgan fingerprint density at radius 1 is 1.29 bits per heavy atom. The Bertz CT molecular complexity index is 656. The maximum absolute atomic E-state index is 12.1. The Labute approximate surface area is 120 Å². The van der Waals surface area contributed by atoms with E-state index in [0.717, 1.165) is 0 Å². The number of amides is 1. The third-order valence-electron chi connectivity index (χ3n) is 2.54. The summed E-state index contributed by atoms with van der Waals surface area (Å²) < 4.78 is 5.19. The molecule has 2 rings (SSSR count). The summed E-state index contributed by atoms with van der Waals surface area (Å²) in [5.41, 5.74) is 0.109. The second-order valence-corrected chi connectivity index (χ2v) is 3.98. The highest BCUT2D eigenvalue weighted by atomic mass is 16.5.